The van der Waals surface area contributed by atoms with Crippen molar-refractivity contribution in [2.75, 3.05) is 7.11 Å². The van der Waals surface area contributed by atoms with E-state index in [0.717, 1.165) is 15.8 Å². The van der Waals surface area contributed by atoms with Crippen molar-refractivity contribution in [3.63, 3.8) is 0 Å². The number of halogens is 1. The molecule has 0 heterocycles. The molecule has 0 radical (unpaired) electrons. The Hall–Kier alpha value is -1.90. The molecule has 0 aliphatic carbocycles. The van der Waals surface area contributed by atoms with Gasteiger partial charge >= 0.3 is 0 Å². The molecule has 25 heavy (non-hydrogen) atoms. The highest BCUT2D eigenvalue weighted by Gasteiger charge is 2.21. The zero-order valence-electron chi connectivity index (χ0n) is 13.8. The molecule has 6 nitrogen and oxygen atoms in total. The Bertz CT molecular complexity index is 821. The molecule has 0 aromatic heterocycles. The van der Waals surface area contributed by atoms with Crippen molar-refractivity contribution in [2.24, 2.45) is 0 Å². The van der Waals surface area contributed by atoms with Crippen molar-refractivity contribution >= 4 is 31.9 Å². The summed E-state index contributed by atoms with van der Waals surface area (Å²) in [5, 5.41) is 2.71. The van der Waals surface area contributed by atoms with Crippen LogP contribution < -0.4 is 14.8 Å². The van der Waals surface area contributed by atoms with Crippen LogP contribution in [0.25, 0.3) is 0 Å². The van der Waals surface area contributed by atoms with Crippen LogP contribution in [0.4, 0.5) is 0 Å². The number of ether oxygens (including phenoxy) is 1. The Morgan fingerprint density at radius 3 is 2.28 bits per heavy atom. The van der Waals surface area contributed by atoms with Gasteiger partial charge in [-0.1, -0.05) is 28.1 Å². The number of sulfonamides is 1. The number of amides is 1. The zero-order chi connectivity index (χ0) is 18.4. The largest absolute Gasteiger partial charge is 0.497 e. The van der Waals surface area contributed by atoms with Gasteiger partial charge in [-0.3, -0.25) is 4.79 Å². The number of benzene rings is 2. The highest BCUT2D eigenvalue weighted by molar-refractivity contribution is 9.10. The van der Waals surface area contributed by atoms with Gasteiger partial charge in [-0.2, -0.15) is 4.72 Å². The lowest BCUT2D eigenvalue weighted by Crippen LogP contribution is -2.44. The molecule has 0 unspecified atom stereocenters. The topological polar surface area (TPSA) is 84.5 Å². The quantitative estimate of drug-likeness (QED) is 0.711. The van der Waals surface area contributed by atoms with E-state index in [1.54, 1.807) is 31.4 Å². The van der Waals surface area contributed by atoms with Gasteiger partial charge in [0.25, 0.3) is 0 Å². The number of methoxy groups -OCH3 is 1. The monoisotopic (exact) mass is 426 g/mol. The summed E-state index contributed by atoms with van der Waals surface area (Å²) >= 11 is 3.25. The van der Waals surface area contributed by atoms with Crippen LogP contribution in [-0.2, 0) is 21.4 Å². The number of rotatable bonds is 7. The lowest BCUT2D eigenvalue weighted by molar-refractivity contribution is -0.122. The van der Waals surface area contributed by atoms with Crippen LogP contribution in [0.3, 0.4) is 0 Å². The minimum atomic E-state index is -3.76. The fraction of sp³-hybridized carbons (Fsp3) is 0.235. The van der Waals surface area contributed by atoms with Crippen molar-refractivity contribution in [1.29, 1.82) is 0 Å². The molecule has 2 rings (SSSR count). The minimum Gasteiger partial charge on any atom is -0.497 e. The number of hydrogen-bond donors (Lipinski definition) is 2. The summed E-state index contributed by atoms with van der Waals surface area (Å²) in [5.74, 6) is 0.321. The summed E-state index contributed by atoms with van der Waals surface area (Å²) in [7, 11) is -2.18. The second-order valence-electron chi connectivity index (χ2n) is 5.36. The third-order valence-electron chi connectivity index (χ3n) is 3.47. The van der Waals surface area contributed by atoms with Gasteiger partial charge in [0, 0.05) is 11.0 Å². The predicted octanol–water partition coefficient (Wildman–Crippen LogP) is 2.44. The molecule has 0 aliphatic rings. The van der Waals surface area contributed by atoms with Crippen LogP contribution in [0.5, 0.6) is 5.75 Å². The molecule has 0 bridgehead atoms. The van der Waals surface area contributed by atoms with Gasteiger partial charge in [0.05, 0.1) is 18.0 Å². The van der Waals surface area contributed by atoms with Gasteiger partial charge < -0.3 is 10.1 Å². The van der Waals surface area contributed by atoms with E-state index >= 15 is 0 Å². The normalized spacial score (nSPS) is 12.4. The first-order valence-electron chi connectivity index (χ1n) is 7.50. The van der Waals surface area contributed by atoms with E-state index in [1.165, 1.54) is 19.1 Å². The highest BCUT2D eigenvalue weighted by Crippen LogP contribution is 2.15. The molecule has 0 saturated carbocycles. The molecule has 0 spiro atoms. The fourth-order valence-electron chi connectivity index (χ4n) is 2.05. The fourth-order valence-corrected chi connectivity index (χ4v) is 3.52. The maximum atomic E-state index is 12.3. The van der Waals surface area contributed by atoms with E-state index in [-0.39, 0.29) is 4.90 Å². The predicted molar refractivity (Wildman–Crippen MR) is 98.8 cm³/mol. The SMILES string of the molecule is COc1ccc(CNC(=O)[C@@H](C)NS(=O)(=O)c2ccc(Br)cc2)cc1. The second kappa shape index (κ2) is 8.46. The van der Waals surface area contributed by atoms with Crippen LogP contribution in [0.1, 0.15) is 12.5 Å². The van der Waals surface area contributed by atoms with Crippen molar-refractivity contribution < 1.29 is 17.9 Å². The Balaban J connectivity index is 1.93. The molecular formula is C17H19BrN2O4S. The van der Waals surface area contributed by atoms with Crippen LogP contribution in [0.2, 0.25) is 0 Å². The van der Waals surface area contributed by atoms with E-state index < -0.39 is 22.0 Å². The van der Waals surface area contributed by atoms with Gasteiger partial charge in [0.15, 0.2) is 0 Å². The summed E-state index contributed by atoms with van der Waals surface area (Å²) in [6.07, 6.45) is 0. The number of nitrogens with one attached hydrogen (secondary N) is 2. The van der Waals surface area contributed by atoms with Crippen LogP contribution >= 0.6 is 15.9 Å². The smallest absolute Gasteiger partial charge is 0.241 e. The molecule has 0 fully saturated rings. The van der Waals surface area contributed by atoms with E-state index in [4.69, 9.17) is 4.74 Å². The first-order valence-corrected chi connectivity index (χ1v) is 9.78. The van der Waals surface area contributed by atoms with E-state index in [2.05, 4.69) is 26.0 Å². The van der Waals surface area contributed by atoms with Crippen LogP contribution in [0, 0.1) is 0 Å². The molecule has 0 saturated heterocycles. The lowest BCUT2D eigenvalue weighted by atomic mass is 10.2. The molecule has 134 valence electrons. The van der Waals surface area contributed by atoms with Gasteiger partial charge in [0.2, 0.25) is 15.9 Å². The molecule has 2 aromatic rings. The molecule has 2 N–H and O–H groups in total. The number of carbonyl (C=O) groups excluding carboxylic acids is 1. The maximum absolute atomic E-state index is 12.3. The van der Waals surface area contributed by atoms with Gasteiger partial charge in [-0.15, -0.1) is 0 Å². The summed E-state index contributed by atoms with van der Waals surface area (Å²) in [4.78, 5) is 12.2. The molecule has 1 atom stereocenters. The Labute approximate surface area is 155 Å². The van der Waals surface area contributed by atoms with Crippen LogP contribution in [-0.4, -0.2) is 27.5 Å². The summed E-state index contributed by atoms with van der Waals surface area (Å²) in [6, 6.07) is 12.5. The number of hydrogen-bond acceptors (Lipinski definition) is 4. The standard InChI is InChI=1S/C17H19BrN2O4S/c1-12(20-25(22,23)16-9-5-14(18)6-10-16)17(21)19-11-13-3-7-15(24-2)8-4-13/h3-10,12,20H,11H2,1-2H3,(H,19,21)/t12-/m1/s1. The third-order valence-corrected chi connectivity index (χ3v) is 5.56. The van der Waals surface area contributed by atoms with E-state index in [9.17, 15) is 13.2 Å². The Morgan fingerprint density at radius 2 is 1.72 bits per heavy atom. The number of carbonyl (C=O) groups is 1. The van der Waals surface area contributed by atoms with E-state index in [1.807, 2.05) is 12.1 Å². The third kappa shape index (κ3) is 5.55. The average Bonchev–Trinajstić information content (AvgIpc) is 2.60. The first kappa shape index (κ1) is 19.4. The highest BCUT2D eigenvalue weighted by atomic mass is 79.9. The Kier molecular flexibility index (Phi) is 6.57. The molecule has 2 aromatic carbocycles. The van der Waals surface area contributed by atoms with Crippen molar-refractivity contribution in [3.05, 3.63) is 58.6 Å². The van der Waals surface area contributed by atoms with Gasteiger partial charge in [-0.25, -0.2) is 8.42 Å². The molecule has 0 aliphatic heterocycles. The summed E-state index contributed by atoms with van der Waals surface area (Å²) < 4.78 is 32.8. The summed E-state index contributed by atoms with van der Waals surface area (Å²) in [5.41, 5.74) is 0.886. The molecule has 8 heteroatoms. The van der Waals surface area contributed by atoms with Gasteiger partial charge in [-0.05, 0) is 48.9 Å². The zero-order valence-corrected chi connectivity index (χ0v) is 16.2. The Morgan fingerprint density at radius 1 is 1.12 bits per heavy atom. The summed E-state index contributed by atoms with van der Waals surface area (Å²) in [6.45, 7) is 1.80. The minimum absolute atomic E-state index is 0.102. The maximum Gasteiger partial charge on any atom is 0.241 e. The average molecular weight is 427 g/mol. The van der Waals surface area contributed by atoms with Crippen molar-refractivity contribution in [3.8, 4) is 5.75 Å². The second-order valence-corrected chi connectivity index (χ2v) is 7.99. The van der Waals surface area contributed by atoms with Gasteiger partial charge in [0.1, 0.15) is 5.75 Å². The van der Waals surface area contributed by atoms with Crippen molar-refractivity contribution in [2.45, 2.75) is 24.4 Å². The van der Waals surface area contributed by atoms with E-state index in [0.29, 0.717) is 6.54 Å². The first-order chi connectivity index (χ1) is 11.8. The van der Waals surface area contributed by atoms with Crippen molar-refractivity contribution in [1.82, 2.24) is 10.0 Å². The lowest BCUT2D eigenvalue weighted by Gasteiger charge is -2.14. The van der Waals surface area contributed by atoms with Crippen LogP contribution in [0.15, 0.2) is 57.9 Å². The molecule has 1 amide bonds. The molecular weight excluding hydrogens is 408 g/mol.